The fourth-order valence-electron chi connectivity index (χ4n) is 1.80. The number of carbonyl (C=O) groups is 1. The summed E-state index contributed by atoms with van der Waals surface area (Å²) < 4.78 is 15.6. The zero-order valence-electron chi connectivity index (χ0n) is 13.4. The molecule has 0 bridgehead atoms. The largest absolute Gasteiger partial charge is 0.494 e. The molecule has 0 saturated heterocycles. The molecule has 1 aromatic carbocycles. The van der Waals surface area contributed by atoms with E-state index in [2.05, 4.69) is 5.32 Å². The van der Waals surface area contributed by atoms with Crippen LogP contribution in [0.4, 0.5) is 4.79 Å². The summed E-state index contributed by atoms with van der Waals surface area (Å²) in [5, 5.41) is 2.88. The quantitative estimate of drug-likeness (QED) is 0.633. The van der Waals surface area contributed by atoms with Gasteiger partial charge in [0.25, 0.3) is 0 Å². The maximum atomic E-state index is 12.1. The monoisotopic (exact) mass is 310 g/mol. The number of rotatable bonds is 11. The number of nitrogens with one attached hydrogen (secondary N) is 1. The van der Waals surface area contributed by atoms with Crippen LogP contribution in [0.25, 0.3) is 0 Å². The number of methoxy groups -OCH3 is 2. The number of hydrogen-bond acceptors (Lipinski definition) is 4. The van der Waals surface area contributed by atoms with Crippen molar-refractivity contribution in [1.29, 1.82) is 0 Å². The Bertz CT molecular complexity index is 392. The zero-order valence-corrected chi connectivity index (χ0v) is 13.4. The summed E-state index contributed by atoms with van der Waals surface area (Å²) in [5.41, 5.74) is 0. The summed E-state index contributed by atoms with van der Waals surface area (Å²) in [5.74, 6) is 0.843. The summed E-state index contributed by atoms with van der Waals surface area (Å²) in [7, 11) is 3.24. The summed E-state index contributed by atoms with van der Waals surface area (Å²) in [6.07, 6.45) is 0.753. The first kappa shape index (κ1) is 18.3. The number of hydrogen-bond donors (Lipinski definition) is 1. The predicted molar refractivity (Wildman–Crippen MR) is 85.3 cm³/mol. The smallest absolute Gasteiger partial charge is 0.317 e. The van der Waals surface area contributed by atoms with Crippen LogP contribution in [-0.2, 0) is 9.47 Å². The van der Waals surface area contributed by atoms with E-state index in [4.69, 9.17) is 14.2 Å². The first-order valence-corrected chi connectivity index (χ1v) is 7.46. The molecule has 1 N–H and O–H groups in total. The molecular formula is C16H26N2O4. The van der Waals surface area contributed by atoms with Crippen LogP contribution >= 0.6 is 0 Å². The molecule has 0 aromatic heterocycles. The van der Waals surface area contributed by atoms with E-state index in [-0.39, 0.29) is 6.03 Å². The highest BCUT2D eigenvalue weighted by molar-refractivity contribution is 5.74. The lowest BCUT2D eigenvalue weighted by molar-refractivity contribution is 0.122. The number of benzene rings is 1. The minimum absolute atomic E-state index is 0.103. The van der Waals surface area contributed by atoms with Crippen molar-refractivity contribution in [3.63, 3.8) is 0 Å². The van der Waals surface area contributed by atoms with Crippen molar-refractivity contribution in [3.05, 3.63) is 30.3 Å². The van der Waals surface area contributed by atoms with Gasteiger partial charge in [0, 0.05) is 33.9 Å². The van der Waals surface area contributed by atoms with E-state index in [1.165, 1.54) is 0 Å². The molecule has 0 fully saturated rings. The highest BCUT2D eigenvalue weighted by atomic mass is 16.5. The minimum Gasteiger partial charge on any atom is -0.494 e. The molecule has 0 atom stereocenters. The first-order valence-electron chi connectivity index (χ1n) is 7.46. The number of ether oxygens (including phenoxy) is 3. The molecule has 0 aliphatic heterocycles. The van der Waals surface area contributed by atoms with Crippen LogP contribution in [0.5, 0.6) is 5.75 Å². The van der Waals surface area contributed by atoms with E-state index in [1.807, 2.05) is 30.3 Å². The highest BCUT2D eigenvalue weighted by Crippen LogP contribution is 2.08. The van der Waals surface area contributed by atoms with Gasteiger partial charge in [-0.15, -0.1) is 0 Å². The molecule has 1 rings (SSSR count). The third-order valence-corrected chi connectivity index (χ3v) is 3.03. The van der Waals surface area contributed by atoms with Gasteiger partial charge < -0.3 is 24.4 Å². The summed E-state index contributed by atoms with van der Waals surface area (Å²) in [6.45, 7) is 3.25. The number of carbonyl (C=O) groups excluding carboxylic acids is 1. The van der Waals surface area contributed by atoms with Crippen LogP contribution < -0.4 is 10.1 Å². The van der Waals surface area contributed by atoms with Gasteiger partial charge in [-0.3, -0.25) is 0 Å². The maximum Gasteiger partial charge on any atom is 0.317 e. The van der Waals surface area contributed by atoms with Gasteiger partial charge in [0.05, 0.1) is 19.8 Å². The van der Waals surface area contributed by atoms with E-state index in [0.717, 1.165) is 12.2 Å². The third-order valence-electron chi connectivity index (χ3n) is 3.03. The first-order chi connectivity index (χ1) is 10.8. The second-order valence-electron chi connectivity index (χ2n) is 4.72. The molecule has 6 nitrogen and oxygen atoms in total. The average Bonchev–Trinajstić information content (AvgIpc) is 2.55. The van der Waals surface area contributed by atoms with Crippen LogP contribution in [0.1, 0.15) is 6.42 Å². The molecule has 0 radical (unpaired) electrons. The topological polar surface area (TPSA) is 60.0 Å². The molecule has 0 heterocycles. The van der Waals surface area contributed by atoms with Crippen molar-refractivity contribution in [2.45, 2.75) is 6.42 Å². The Balaban J connectivity index is 2.18. The van der Waals surface area contributed by atoms with E-state index in [0.29, 0.717) is 39.5 Å². The molecule has 0 aliphatic carbocycles. The third kappa shape index (κ3) is 7.85. The lowest BCUT2D eigenvalue weighted by Gasteiger charge is -2.22. The Morgan fingerprint density at radius 3 is 2.27 bits per heavy atom. The fourth-order valence-corrected chi connectivity index (χ4v) is 1.80. The average molecular weight is 310 g/mol. The van der Waals surface area contributed by atoms with Crippen molar-refractivity contribution in [2.75, 3.05) is 53.7 Å². The van der Waals surface area contributed by atoms with Gasteiger partial charge in [-0.2, -0.15) is 0 Å². The molecular weight excluding hydrogens is 284 g/mol. The zero-order chi connectivity index (χ0) is 16.0. The standard InChI is InChI=1S/C16H26N2O4/c1-20-13-10-18(11-14-21-2)16(19)17-9-6-12-22-15-7-4-3-5-8-15/h3-5,7-8H,6,9-14H2,1-2H3,(H,17,19). The van der Waals surface area contributed by atoms with Crippen molar-refractivity contribution in [3.8, 4) is 5.75 Å². The second kappa shape index (κ2) is 11.8. The van der Waals surface area contributed by atoms with E-state index >= 15 is 0 Å². The van der Waals surface area contributed by atoms with E-state index in [9.17, 15) is 4.79 Å². The Morgan fingerprint density at radius 2 is 1.68 bits per heavy atom. The number of amides is 2. The van der Waals surface area contributed by atoms with Crippen molar-refractivity contribution < 1.29 is 19.0 Å². The summed E-state index contributed by atoms with van der Waals surface area (Å²) in [4.78, 5) is 13.7. The molecule has 0 saturated carbocycles. The lowest BCUT2D eigenvalue weighted by atomic mass is 10.3. The normalized spacial score (nSPS) is 10.3. The SMILES string of the molecule is COCCN(CCOC)C(=O)NCCCOc1ccccc1. The molecule has 0 unspecified atom stereocenters. The molecule has 6 heteroatoms. The van der Waals surface area contributed by atoms with Crippen LogP contribution in [0.2, 0.25) is 0 Å². The fraction of sp³-hybridized carbons (Fsp3) is 0.562. The molecule has 1 aromatic rings. The van der Waals surface area contributed by atoms with Crippen molar-refractivity contribution in [2.24, 2.45) is 0 Å². The number of nitrogens with zero attached hydrogens (tertiary/aromatic N) is 1. The Kier molecular flexibility index (Phi) is 9.81. The highest BCUT2D eigenvalue weighted by Gasteiger charge is 2.11. The summed E-state index contributed by atoms with van der Waals surface area (Å²) in [6, 6.07) is 9.53. The van der Waals surface area contributed by atoms with Gasteiger partial charge >= 0.3 is 6.03 Å². The van der Waals surface area contributed by atoms with E-state index in [1.54, 1.807) is 19.1 Å². The van der Waals surface area contributed by atoms with Crippen LogP contribution in [-0.4, -0.2) is 64.6 Å². The lowest BCUT2D eigenvalue weighted by Crippen LogP contribution is -2.43. The molecule has 124 valence electrons. The van der Waals surface area contributed by atoms with E-state index < -0.39 is 0 Å². The Hall–Kier alpha value is -1.79. The van der Waals surface area contributed by atoms with Gasteiger partial charge in [0.15, 0.2) is 0 Å². The van der Waals surface area contributed by atoms with Gasteiger partial charge in [0.2, 0.25) is 0 Å². The van der Waals surface area contributed by atoms with Crippen molar-refractivity contribution in [1.82, 2.24) is 10.2 Å². The van der Waals surface area contributed by atoms with Crippen LogP contribution in [0, 0.1) is 0 Å². The second-order valence-corrected chi connectivity index (χ2v) is 4.72. The van der Waals surface area contributed by atoms with Gasteiger partial charge in [0.1, 0.15) is 5.75 Å². The number of urea groups is 1. The van der Waals surface area contributed by atoms with Gasteiger partial charge in [-0.1, -0.05) is 18.2 Å². The van der Waals surface area contributed by atoms with Gasteiger partial charge in [-0.05, 0) is 18.6 Å². The Labute approximate surface area is 132 Å². The maximum absolute atomic E-state index is 12.1. The Morgan fingerprint density at radius 1 is 1.05 bits per heavy atom. The molecule has 2 amide bonds. The molecule has 0 aliphatic rings. The van der Waals surface area contributed by atoms with Crippen molar-refractivity contribution >= 4 is 6.03 Å². The van der Waals surface area contributed by atoms with Gasteiger partial charge in [-0.25, -0.2) is 4.79 Å². The van der Waals surface area contributed by atoms with Crippen LogP contribution in [0.15, 0.2) is 30.3 Å². The minimum atomic E-state index is -0.103. The molecule has 22 heavy (non-hydrogen) atoms. The predicted octanol–water partition coefficient (Wildman–Crippen LogP) is 1.76. The molecule has 0 spiro atoms. The summed E-state index contributed by atoms with van der Waals surface area (Å²) >= 11 is 0. The number of para-hydroxylation sites is 1. The van der Waals surface area contributed by atoms with Crippen LogP contribution in [0.3, 0.4) is 0 Å².